The Labute approximate surface area is 229 Å². The lowest BCUT2D eigenvalue weighted by Gasteiger charge is -2.08. The molecule has 0 spiro atoms. The summed E-state index contributed by atoms with van der Waals surface area (Å²) in [5, 5.41) is 4.83. The molecule has 5 nitrogen and oxygen atoms in total. The van der Waals surface area contributed by atoms with Crippen LogP contribution in [0.15, 0.2) is 65.9 Å². The third kappa shape index (κ3) is 3.37. The average Bonchev–Trinajstić information content (AvgIpc) is 3.66. The van der Waals surface area contributed by atoms with Gasteiger partial charge in [-0.05, 0) is 46.9 Å². The number of imidazole rings is 1. The largest absolute Gasteiger partial charge is 0.340 e. The van der Waals surface area contributed by atoms with Crippen LogP contribution in [0.4, 0.5) is 5.69 Å². The highest BCUT2D eigenvalue weighted by atomic mass is 32.1. The second-order valence-electron chi connectivity index (χ2n) is 11.2. The van der Waals surface area contributed by atoms with Gasteiger partial charge in [-0.25, -0.2) is 4.98 Å². The van der Waals surface area contributed by atoms with Gasteiger partial charge in [0.1, 0.15) is 11.3 Å². The van der Waals surface area contributed by atoms with Gasteiger partial charge in [-0.1, -0.05) is 52.0 Å². The zero-order valence-electron chi connectivity index (χ0n) is 22.3. The Kier molecular flexibility index (Phi) is 4.77. The first-order valence-electron chi connectivity index (χ1n) is 13.6. The van der Waals surface area contributed by atoms with Crippen LogP contribution in [-0.4, -0.2) is 25.6 Å². The fourth-order valence-corrected chi connectivity index (χ4v) is 7.04. The molecule has 0 amide bonds. The smallest absolute Gasteiger partial charge is 0.115 e. The number of H-pyrrole nitrogens is 1. The van der Waals surface area contributed by atoms with Gasteiger partial charge in [0.15, 0.2) is 0 Å². The Morgan fingerprint density at radius 2 is 1.46 bits per heavy atom. The number of rotatable bonds is 3. The van der Waals surface area contributed by atoms with Gasteiger partial charge in [-0.3, -0.25) is 15.0 Å². The van der Waals surface area contributed by atoms with Crippen LogP contribution in [0.2, 0.25) is 0 Å². The maximum absolute atomic E-state index is 4.97. The summed E-state index contributed by atoms with van der Waals surface area (Å²) in [5.74, 6) is 1.76. The molecule has 190 valence electrons. The van der Waals surface area contributed by atoms with Crippen LogP contribution in [0.5, 0.6) is 0 Å². The minimum Gasteiger partial charge on any atom is -0.340 e. The molecule has 7 aromatic rings. The SMILES string of the molecule is CC(C)C1=Nc2cc3sc4cc(-c5ccc6c(c5)c5nccnc5c5[nH]c(C(C)C)nc65)ccc4c3cc2C1. The van der Waals surface area contributed by atoms with Gasteiger partial charge in [-0.15, -0.1) is 11.3 Å². The highest BCUT2D eigenvalue weighted by molar-refractivity contribution is 7.25. The predicted molar refractivity (Wildman–Crippen MR) is 165 cm³/mol. The van der Waals surface area contributed by atoms with E-state index in [0.717, 1.165) is 50.8 Å². The summed E-state index contributed by atoms with van der Waals surface area (Å²) in [6.45, 7) is 8.76. The molecule has 1 N–H and O–H groups in total. The number of aromatic amines is 1. The van der Waals surface area contributed by atoms with Crippen molar-refractivity contribution in [1.82, 2.24) is 19.9 Å². The highest BCUT2D eigenvalue weighted by Crippen LogP contribution is 2.42. The molecule has 0 saturated carbocycles. The van der Waals surface area contributed by atoms with Crippen LogP contribution in [0.25, 0.3) is 64.1 Å². The van der Waals surface area contributed by atoms with Crippen LogP contribution >= 0.6 is 11.3 Å². The van der Waals surface area contributed by atoms with Gasteiger partial charge in [-0.2, -0.15) is 0 Å². The van der Waals surface area contributed by atoms with Gasteiger partial charge in [0, 0.05) is 61.4 Å². The lowest BCUT2D eigenvalue weighted by Crippen LogP contribution is -2.06. The van der Waals surface area contributed by atoms with E-state index in [1.165, 1.54) is 42.6 Å². The second kappa shape index (κ2) is 8.17. The normalized spacial score (nSPS) is 13.6. The zero-order chi connectivity index (χ0) is 26.4. The number of aliphatic imine (C=N–C) groups is 1. The standard InChI is InChI=1S/C33H27N5S/c1-16(2)25-13-20-12-23-21-7-5-19(14-27(21)39-28(23)15-26(20)36-25)18-6-8-22-24(11-18)29-31(35-10-9-34-29)32-30(22)37-33(38-32)17(3)4/h5-12,14-17H,13H2,1-4H3,(H,37,38). The molecule has 0 unspecified atom stereocenters. The molecule has 6 heteroatoms. The molecule has 0 atom stereocenters. The summed E-state index contributed by atoms with van der Waals surface area (Å²) in [7, 11) is 0. The van der Waals surface area contributed by atoms with Crippen molar-refractivity contribution in [2.45, 2.75) is 40.0 Å². The minimum absolute atomic E-state index is 0.303. The summed E-state index contributed by atoms with van der Waals surface area (Å²) < 4.78 is 2.60. The van der Waals surface area contributed by atoms with Gasteiger partial charge >= 0.3 is 0 Å². The maximum atomic E-state index is 4.97. The van der Waals surface area contributed by atoms with E-state index in [9.17, 15) is 0 Å². The van der Waals surface area contributed by atoms with Crippen LogP contribution in [0, 0.1) is 5.92 Å². The van der Waals surface area contributed by atoms with Crippen molar-refractivity contribution >= 4 is 75.7 Å². The first-order valence-corrected chi connectivity index (χ1v) is 14.4. The zero-order valence-corrected chi connectivity index (χ0v) is 23.1. The predicted octanol–water partition coefficient (Wildman–Crippen LogP) is 9.10. The molecule has 4 aromatic carbocycles. The van der Waals surface area contributed by atoms with Crippen LogP contribution in [-0.2, 0) is 6.42 Å². The molecular weight excluding hydrogens is 498 g/mol. The first-order chi connectivity index (χ1) is 18.9. The Morgan fingerprint density at radius 1 is 0.718 bits per heavy atom. The van der Waals surface area contributed by atoms with Crippen molar-refractivity contribution in [3.63, 3.8) is 0 Å². The molecule has 8 rings (SSSR count). The van der Waals surface area contributed by atoms with Crippen LogP contribution < -0.4 is 0 Å². The highest BCUT2D eigenvalue weighted by Gasteiger charge is 2.20. The molecular formula is C33H27N5S. The van der Waals surface area contributed by atoms with Crippen molar-refractivity contribution in [2.75, 3.05) is 0 Å². The van der Waals surface area contributed by atoms with Crippen molar-refractivity contribution in [1.29, 1.82) is 0 Å². The summed E-state index contributed by atoms with van der Waals surface area (Å²) in [5.41, 5.74) is 9.85. The molecule has 0 fully saturated rings. The number of nitrogens with one attached hydrogen (secondary N) is 1. The molecule has 0 aliphatic carbocycles. The lowest BCUT2D eigenvalue weighted by atomic mass is 9.98. The van der Waals surface area contributed by atoms with Gasteiger partial charge in [0.05, 0.1) is 22.2 Å². The summed E-state index contributed by atoms with van der Waals surface area (Å²) in [4.78, 5) is 22.9. The van der Waals surface area contributed by atoms with Crippen molar-refractivity contribution in [2.24, 2.45) is 10.9 Å². The van der Waals surface area contributed by atoms with Crippen molar-refractivity contribution < 1.29 is 0 Å². The third-order valence-corrected chi connectivity index (χ3v) is 9.16. The quantitative estimate of drug-likeness (QED) is 0.234. The Bertz CT molecular complexity index is 2160. The van der Waals surface area contributed by atoms with Crippen LogP contribution in [0.3, 0.4) is 0 Å². The molecule has 0 radical (unpaired) electrons. The van der Waals surface area contributed by atoms with Gasteiger partial charge in [0.2, 0.25) is 0 Å². The van der Waals surface area contributed by atoms with E-state index in [0.29, 0.717) is 11.8 Å². The van der Waals surface area contributed by atoms with Crippen molar-refractivity contribution in [3.05, 3.63) is 72.3 Å². The number of nitrogens with zero attached hydrogens (tertiary/aromatic N) is 4. The average molecular weight is 526 g/mol. The Hall–Kier alpha value is -4.16. The van der Waals surface area contributed by atoms with E-state index in [1.807, 2.05) is 11.3 Å². The summed E-state index contributed by atoms with van der Waals surface area (Å²) >= 11 is 1.85. The third-order valence-electron chi connectivity index (χ3n) is 8.04. The molecule has 1 aliphatic rings. The number of hydrogen-bond donors (Lipinski definition) is 1. The molecule has 4 heterocycles. The van der Waals surface area contributed by atoms with Crippen molar-refractivity contribution in [3.8, 4) is 11.1 Å². The van der Waals surface area contributed by atoms with E-state index in [4.69, 9.17) is 19.9 Å². The van der Waals surface area contributed by atoms with E-state index < -0.39 is 0 Å². The van der Waals surface area contributed by atoms with E-state index in [-0.39, 0.29) is 0 Å². The molecule has 1 aliphatic heterocycles. The topological polar surface area (TPSA) is 66.8 Å². The number of fused-ring (bicyclic) bond motifs is 10. The van der Waals surface area contributed by atoms with Crippen LogP contribution in [0.1, 0.15) is 45.0 Å². The van der Waals surface area contributed by atoms with Gasteiger partial charge in [0.25, 0.3) is 0 Å². The van der Waals surface area contributed by atoms with Gasteiger partial charge < -0.3 is 4.98 Å². The fraction of sp³-hybridized carbons (Fsp3) is 0.212. The number of benzene rings is 4. The summed E-state index contributed by atoms with van der Waals surface area (Å²) in [6, 6.07) is 18.2. The summed E-state index contributed by atoms with van der Waals surface area (Å²) in [6.07, 6.45) is 4.50. The first kappa shape index (κ1) is 22.8. The number of hydrogen-bond acceptors (Lipinski definition) is 5. The van der Waals surface area contributed by atoms with E-state index in [1.54, 1.807) is 12.4 Å². The number of thiophene rings is 1. The molecule has 3 aromatic heterocycles. The lowest BCUT2D eigenvalue weighted by molar-refractivity contribution is 0.799. The second-order valence-corrected chi connectivity index (χ2v) is 12.3. The van der Waals surface area contributed by atoms with E-state index in [2.05, 4.69) is 81.2 Å². The number of aromatic nitrogens is 4. The molecule has 39 heavy (non-hydrogen) atoms. The molecule has 0 saturated heterocycles. The molecule has 0 bridgehead atoms. The fourth-order valence-electron chi connectivity index (χ4n) is 5.88. The maximum Gasteiger partial charge on any atom is 0.115 e. The Morgan fingerprint density at radius 3 is 2.26 bits per heavy atom. The Balaban J connectivity index is 1.30. The van der Waals surface area contributed by atoms with E-state index >= 15 is 0 Å². The minimum atomic E-state index is 0.303. The monoisotopic (exact) mass is 525 g/mol.